The van der Waals surface area contributed by atoms with Crippen LogP contribution in [0.1, 0.15) is 12.0 Å². The predicted molar refractivity (Wildman–Crippen MR) is 70.3 cm³/mol. The van der Waals surface area contributed by atoms with Gasteiger partial charge < -0.3 is 9.80 Å². The van der Waals surface area contributed by atoms with Crippen molar-refractivity contribution in [3.8, 4) is 0 Å². The molecule has 0 spiro atoms. The molecule has 0 saturated carbocycles. The summed E-state index contributed by atoms with van der Waals surface area (Å²) in [6.45, 7) is 2.00. The third kappa shape index (κ3) is 2.72. The molecular weight excluding hydrogens is 239 g/mol. The molecule has 0 radical (unpaired) electrons. The molecule has 1 aromatic rings. The molecular formula is C13H18ClFN2. The van der Waals surface area contributed by atoms with Crippen molar-refractivity contribution < 1.29 is 4.39 Å². The Bertz CT molecular complexity index is 395. The van der Waals surface area contributed by atoms with Gasteiger partial charge in [-0.3, -0.25) is 0 Å². The van der Waals surface area contributed by atoms with Gasteiger partial charge in [0, 0.05) is 30.7 Å². The van der Waals surface area contributed by atoms with Gasteiger partial charge in [0.05, 0.1) is 0 Å². The molecule has 1 fully saturated rings. The maximum Gasteiger partial charge on any atom is 0.123 e. The number of nitrogens with zero attached hydrogens (tertiary/aromatic N) is 2. The van der Waals surface area contributed by atoms with Gasteiger partial charge in [-0.1, -0.05) is 0 Å². The fourth-order valence-electron chi connectivity index (χ4n) is 2.35. The van der Waals surface area contributed by atoms with Crippen LogP contribution in [0, 0.1) is 5.82 Å². The largest absolute Gasteiger partial charge is 0.370 e. The molecule has 1 aromatic carbocycles. The van der Waals surface area contributed by atoms with Crippen molar-refractivity contribution in [2.75, 3.05) is 32.1 Å². The minimum atomic E-state index is -0.215. The highest BCUT2D eigenvalue weighted by atomic mass is 35.5. The van der Waals surface area contributed by atoms with E-state index < -0.39 is 0 Å². The monoisotopic (exact) mass is 256 g/mol. The Labute approximate surface area is 107 Å². The highest BCUT2D eigenvalue weighted by Crippen LogP contribution is 2.27. The zero-order valence-electron chi connectivity index (χ0n) is 10.3. The lowest BCUT2D eigenvalue weighted by Crippen LogP contribution is -2.31. The van der Waals surface area contributed by atoms with Gasteiger partial charge >= 0.3 is 0 Å². The molecule has 1 saturated heterocycles. The Morgan fingerprint density at radius 3 is 2.82 bits per heavy atom. The number of anilines is 1. The van der Waals surface area contributed by atoms with Crippen molar-refractivity contribution in [2.24, 2.45) is 0 Å². The van der Waals surface area contributed by atoms with Crippen molar-refractivity contribution in [3.63, 3.8) is 0 Å². The number of benzene rings is 1. The van der Waals surface area contributed by atoms with Crippen LogP contribution in [-0.2, 0) is 5.88 Å². The van der Waals surface area contributed by atoms with Crippen LogP contribution in [0.5, 0.6) is 0 Å². The summed E-state index contributed by atoms with van der Waals surface area (Å²) in [5.74, 6) is 0.142. The van der Waals surface area contributed by atoms with E-state index in [9.17, 15) is 4.39 Å². The summed E-state index contributed by atoms with van der Waals surface area (Å²) in [6.07, 6.45) is 1.14. The van der Waals surface area contributed by atoms with E-state index in [1.807, 2.05) is 6.07 Å². The second-order valence-electron chi connectivity index (χ2n) is 4.76. The van der Waals surface area contributed by atoms with Gasteiger partial charge in [-0.15, -0.1) is 11.6 Å². The fraction of sp³-hybridized carbons (Fsp3) is 0.538. The summed E-state index contributed by atoms with van der Waals surface area (Å²) in [6, 6.07) is 5.45. The lowest BCUT2D eigenvalue weighted by molar-refractivity contribution is 0.315. The van der Waals surface area contributed by atoms with Crippen LogP contribution in [0.15, 0.2) is 18.2 Å². The van der Waals surface area contributed by atoms with E-state index in [0.717, 1.165) is 30.8 Å². The summed E-state index contributed by atoms with van der Waals surface area (Å²) in [7, 11) is 4.20. The van der Waals surface area contributed by atoms with E-state index in [2.05, 4.69) is 23.9 Å². The van der Waals surface area contributed by atoms with Crippen LogP contribution >= 0.6 is 11.6 Å². The molecule has 0 bridgehead atoms. The SMILES string of the molecule is CN(C)C1CCN(c2ccc(F)cc2CCl)C1. The number of hydrogen-bond acceptors (Lipinski definition) is 2. The Kier molecular flexibility index (Phi) is 3.89. The van der Waals surface area contributed by atoms with E-state index in [0.29, 0.717) is 11.9 Å². The third-order valence-corrected chi connectivity index (χ3v) is 3.71. The molecule has 1 heterocycles. The fourth-order valence-corrected chi connectivity index (χ4v) is 2.57. The molecule has 1 aliphatic rings. The van der Waals surface area contributed by atoms with Crippen LogP contribution in [0.25, 0.3) is 0 Å². The highest BCUT2D eigenvalue weighted by Gasteiger charge is 2.25. The van der Waals surface area contributed by atoms with Crippen molar-refractivity contribution in [1.29, 1.82) is 0 Å². The quantitative estimate of drug-likeness (QED) is 0.768. The third-order valence-electron chi connectivity index (χ3n) is 3.42. The smallest absolute Gasteiger partial charge is 0.123 e. The average molecular weight is 257 g/mol. The first kappa shape index (κ1) is 12.7. The summed E-state index contributed by atoms with van der Waals surface area (Å²) < 4.78 is 13.1. The van der Waals surface area contributed by atoms with Crippen LogP contribution in [-0.4, -0.2) is 38.1 Å². The number of halogens is 2. The highest BCUT2D eigenvalue weighted by molar-refractivity contribution is 6.17. The van der Waals surface area contributed by atoms with Crippen molar-refractivity contribution in [1.82, 2.24) is 4.90 Å². The zero-order valence-corrected chi connectivity index (χ0v) is 11.0. The lowest BCUT2D eigenvalue weighted by atomic mass is 10.2. The Morgan fingerprint density at radius 1 is 1.47 bits per heavy atom. The molecule has 2 nitrogen and oxygen atoms in total. The normalized spacial score (nSPS) is 20.3. The minimum Gasteiger partial charge on any atom is -0.370 e. The molecule has 0 aromatic heterocycles. The second kappa shape index (κ2) is 5.23. The van der Waals surface area contributed by atoms with Gasteiger partial charge in [0.25, 0.3) is 0 Å². The molecule has 1 aliphatic heterocycles. The van der Waals surface area contributed by atoms with Crippen molar-refractivity contribution in [2.45, 2.75) is 18.3 Å². The summed E-state index contributed by atoms with van der Waals surface area (Å²) in [5, 5.41) is 0. The van der Waals surface area contributed by atoms with Gasteiger partial charge in [0.2, 0.25) is 0 Å². The molecule has 1 unspecified atom stereocenters. The molecule has 1 atom stereocenters. The predicted octanol–water partition coefficient (Wildman–Crippen LogP) is 2.70. The molecule has 0 amide bonds. The molecule has 2 rings (SSSR count). The van der Waals surface area contributed by atoms with E-state index in [1.165, 1.54) is 12.1 Å². The van der Waals surface area contributed by atoms with Crippen LogP contribution in [0.2, 0.25) is 0 Å². The number of likely N-dealkylation sites (N-methyl/N-ethyl adjacent to an activating group) is 1. The standard InChI is InChI=1S/C13H18ClFN2/c1-16(2)12-5-6-17(9-12)13-4-3-11(15)7-10(13)8-14/h3-4,7,12H,5-6,8-9H2,1-2H3. The van der Waals surface area contributed by atoms with E-state index in [-0.39, 0.29) is 5.82 Å². The van der Waals surface area contributed by atoms with Crippen molar-refractivity contribution >= 4 is 17.3 Å². The molecule has 94 valence electrons. The first-order valence-corrected chi connectivity index (χ1v) is 6.41. The Morgan fingerprint density at radius 2 is 2.24 bits per heavy atom. The summed E-state index contributed by atoms with van der Waals surface area (Å²) in [5.41, 5.74) is 1.96. The van der Waals surface area contributed by atoms with Crippen LogP contribution in [0.3, 0.4) is 0 Å². The summed E-state index contributed by atoms with van der Waals surface area (Å²) in [4.78, 5) is 4.53. The Balaban J connectivity index is 2.18. The first-order valence-electron chi connectivity index (χ1n) is 5.87. The first-order chi connectivity index (χ1) is 8.11. The second-order valence-corrected chi connectivity index (χ2v) is 5.03. The topological polar surface area (TPSA) is 6.48 Å². The van der Waals surface area contributed by atoms with E-state index in [4.69, 9.17) is 11.6 Å². The van der Waals surface area contributed by atoms with Crippen LogP contribution < -0.4 is 4.90 Å². The van der Waals surface area contributed by atoms with Crippen molar-refractivity contribution in [3.05, 3.63) is 29.6 Å². The van der Waals surface area contributed by atoms with Crippen LogP contribution in [0.4, 0.5) is 10.1 Å². The average Bonchev–Trinajstić information content (AvgIpc) is 2.78. The van der Waals surface area contributed by atoms with E-state index >= 15 is 0 Å². The zero-order chi connectivity index (χ0) is 12.4. The number of alkyl halides is 1. The van der Waals surface area contributed by atoms with Gasteiger partial charge in [-0.25, -0.2) is 4.39 Å². The lowest BCUT2D eigenvalue weighted by Gasteiger charge is -2.23. The van der Waals surface area contributed by atoms with E-state index in [1.54, 1.807) is 0 Å². The van der Waals surface area contributed by atoms with Gasteiger partial charge in [0.15, 0.2) is 0 Å². The molecule has 0 N–H and O–H groups in total. The molecule has 0 aliphatic carbocycles. The maximum absolute atomic E-state index is 13.1. The minimum absolute atomic E-state index is 0.215. The van der Waals surface area contributed by atoms with Gasteiger partial charge in [-0.2, -0.15) is 0 Å². The van der Waals surface area contributed by atoms with Gasteiger partial charge in [0.1, 0.15) is 5.82 Å². The Hall–Kier alpha value is -0.800. The molecule has 17 heavy (non-hydrogen) atoms. The van der Waals surface area contributed by atoms with Gasteiger partial charge in [-0.05, 0) is 44.3 Å². The molecule has 4 heteroatoms. The number of hydrogen-bond donors (Lipinski definition) is 0. The number of rotatable bonds is 3. The summed E-state index contributed by atoms with van der Waals surface area (Å²) >= 11 is 5.88. The maximum atomic E-state index is 13.1.